The van der Waals surface area contributed by atoms with Gasteiger partial charge in [-0.15, -0.1) is 0 Å². The molecule has 0 unspecified atom stereocenters. The SMILES string of the molecule is Cc1ccccc1NC(=O)CSc1nc(C)c2c(n1)CCC2. The van der Waals surface area contributed by atoms with Crippen LogP contribution in [0.5, 0.6) is 0 Å². The number of para-hydroxylation sites is 1. The van der Waals surface area contributed by atoms with Crippen LogP contribution in [0.25, 0.3) is 0 Å². The number of carbonyl (C=O) groups is 1. The van der Waals surface area contributed by atoms with Crippen molar-refractivity contribution in [2.24, 2.45) is 0 Å². The van der Waals surface area contributed by atoms with E-state index in [-0.39, 0.29) is 5.91 Å². The molecule has 0 saturated heterocycles. The minimum atomic E-state index is -0.0268. The lowest BCUT2D eigenvalue weighted by atomic mass is 10.2. The molecule has 0 atom stereocenters. The minimum absolute atomic E-state index is 0.0268. The molecule has 1 aliphatic carbocycles. The van der Waals surface area contributed by atoms with Gasteiger partial charge < -0.3 is 5.32 Å². The molecule has 4 nitrogen and oxygen atoms in total. The second-order valence-electron chi connectivity index (χ2n) is 5.52. The van der Waals surface area contributed by atoms with E-state index in [0.29, 0.717) is 10.9 Å². The number of fused-ring (bicyclic) bond motifs is 1. The van der Waals surface area contributed by atoms with Gasteiger partial charge in [0.25, 0.3) is 0 Å². The lowest BCUT2D eigenvalue weighted by molar-refractivity contribution is -0.113. The third-order valence-corrected chi connectivity index (χ3v) is 4.72. The zero-order valence-corrected chi connectivity index (χ0v) is 13.7. The molecule has 0 saturated carbocycles. The maximum absolute atomic E-state index is 12.1. The zero-order valence-electron chi connectivity index (χ0n) is 12.8. The lowest BCUT2D eigenvalue weighted by Crippen LogP contribution is -2.15. The Morgan fingerprint density at radius 3 is 2.86 bits per heavy atom. The van der Waals surface area contributed by atoms with Gasteiger partial charge in [-0.3, -0.25) is 4.79 Å². The van der Waals surface area contributed by atoms with Gasteiger partial charge in [0.05, 0.1) is 5.75 Å². The van der Waals surface area contributed by atoms with Gasteiger partial charge in [0.2, 0.25) is 5.91 Å². The molecule has 3 rings (SSSR count). The highest BCUT2D eigenvalue weighted by Gasteiger charge is 2.17. The van der Waals surface area contributed by atoms with E-state index >= 15 is 0 Å². The average Bonchev–Trinajstić information content (AvgIpc) is 2.97. The number of aromatic nitrogens is 2. The third kappa shape index (κ3) is 3.30. The Morgan fingerprint density at radius 2 is 2.05 bits per heavy atom. The maximum Gasteiger partial charge on any atom is 0.234 e. The molecule has 1 aromatic carbocycles. The molecular weight excluding hydrogens is 294 g/mol. The van der Waals surface area contributed by atoms with Crippen LogP contribution >= 0.6 is 11.8 Å². The highest BCUT2D eigenvalue weighted by molar-refractivity contribution is 7.99. The summed E-state index contributed by atoms with van der Waals surface area (Å²) >= 11 is 1.40. The second-order valence-corrected chi connectivity index (χ2v) is 6.46. The topological polar surface area (TPSA) is 54.9 Å². The minimum Gasteiger partial charge on any atom is -0.325 e. The van der Waals surface area contributed by atoms with Crippen molar-refractivity contribution in [2.45, 2.75) is 38.3 Å². The molecule has 1 aromatic heterocycles. The zero-order chi connectivity index (χ0) is 15.5. The van der Waals surface area contributed by atoms with Crippen LogP contribution in [0.2, 0.25) is 0 Å². The fraction of sp³-hybridized carbons (Fsp3) is 0.353. The van der Waals surface area contributed by atoms with Crippen molar-refractivity contribution in [3.05, 3.63) is 46.8 Å². The van der Waals surface area contributed by atoms with Gasteiger partial charge in [-0.2, -0.15) is 0 Å². The number of rotatable bonds is 4. The van der Waals surface area contributed by atoms with Crippen LogP contribution < -0.4 is 5.32 Å². The first-order valence-corrected chi connectivity index (χ1v) is 8.46. The maximum atomic E-state index is 12.1. The second kappa shape index (κ2) is 6.48. The third-order valence-electron chi connectivity index (χ3n) is 3.87. The first-order valence-electron chi connectivity index (χ1n) is 7.48. The largest absolute Gasteiger partial charge is 0.325 e. The van der Waals surface area contributed by atoms with Gasteiger partial charge >= 0.3 is 0 Å². The van der Waals surface area contributed by atoms with Crippen LogP contribution in [0, 0.1) is 13.8 Å². The van der Waals surface area contributed by atoms with Crippen molar-refractivity contribution < 1.29 is 4.79 Å². The standard InChI is InChI=1S/C17H19N3OS/c1-11-6-3-4-8-14(11)19-16(21)10-22-17-18-12(2)13-7-5-9-15(13)20-17/h3-4,6,8H,5,7,9-10H2,1-2H3,(H,19,21). The van der Waals surface area contributed by atoms with Crippen LogP contribution in [0.1, 0.15) is 28.9 Å². The quantitative estimate of drug-likeness (QED) is 0.695. The van der Waals surface area contributed by atoms with Crippen molar-refractivity contribution in [1.82, 2.24) is 9.97 Å². The summed E-state index contributed by atoms with van der Waals surface area (Å²) in [5, 5.41) is 3.64. The number of nitrogens with zero attached hydrogens (tertiary/aromatic N) is 2. The van der Waals surface area contributed by atoms with Gasteiger partial charge in [-0.05, 0) is 50.3 Å². The van der Waals surface area contributed by atoms with Crippen molar-refractivity contribution in [2.75, 3.05) is 11.1 Å². The molecule has 1 aliphatic rings. The summed E-state index contributed by atoms with van der Waals surface area (Å²) < 4.78 is 0. The van der Waals surface area contributed by atoms with Crippen LogP contribution in [0.4, 0.5) is 5.69 Å². The Hall–Kier alpha value is -1.88. The number of nitrogens with one attached hydrogen (secondary N) is 1. The number of carbonyl (C=O) groups excluding carboxylic acids is 1. The smallest absolute Gasteiger partial charge is 0.234 e. The fourth-order valence-electron chi connectivity index (χ4n) is 2.69. The number of amides is 1. The molecule has 0 aliphatic heterocycles. The predicted octanol–water partition coefficient (Wildman–Crippen LogP) is 3.31. The fourth-order valence-corrected chi connectivity index (χ4v) is 3.39. The van der Waals surface area contributed by atoms with E-state index < -0.39 is 0 Å². The highest BCUT2D eigenvalue weighted by atomic mass is 32.2. The summed E-state index contributed by atoms with van der Waals surface area (Å²) in [6, 6.07) is 7.77. The summed E-state index contributed by atoms with van der Waals surface area (Å²) in [6.45, 7) is 4.01. The molecule has 1 amide bonds. The Balaban J connectivity index is 1.62. The normalized spacial score (nSPS) is 13.0. The summed E-state index contributed by atoms with van der Waals surface area (Å²) in [4.78, 5) is 21.2. The van der Waals surface area contributed by atoms with Crippen LogP contribution in [0.15, 0.2) is 29.4 Å². The van der Waals surface area contributed by atoms with Crippen LogP contribution in [-0.2, 0) is 17.6 Å². The Labute approximate surface area is 134 Å². The number of thioether (sulfide) groups is 1. The van der Waals surface area contributed by atoms with Crippen LogP contribution in [0.3, 0.4) is 0 Å². The van der Waals surface area contributed by atoms with Gasteiger partial charge in [-0.25, -0.2) is 9.97 Å². The number of hydrogen-bond acceptors (Lipinski definition) is 4. The lowest BCUT2D eigenvalue weighted by Gasteiger charge is -2.08. The van der Waals surface area contributed by atoms with Crippen molar-refractivity contribution in [3.63, 3.8) is 0 Å². The van der Waals surface area contributed by atoms with E-state index in [1.807, 2.05) is 38.1 Å². The highest BCUT2D eigenvalue weighted by Crippen LogP contribution is 2.25. The predicted molar refractivity (Wildman–Crippen MR) is 89.3 cm³/mol. The molecule has 0 spiro atoms. The number of anilines is 1. The number of aryl methyl sites for hydroxylation is 3. The first-order chi connectivity index (χ1) is 10.6. The molecule has 0 bridgehead atoms. The van der Waals surface area contributed by atoms with Gasteiger partial charge in [0, 0.05) is 17.1 Å². The molecule has 1 heterocycles. The number of hydrogen-bond donors (Lipinski definition) is 1. The van der Waals surface area contributed by atoms with Crippen molar-refractivity contribution in [1.29, 1.82) is 0 Å². The van der Waals surface area contributed by atoms with E-state index in [1.54, 1.807) is 0 Å². The number of benzene rings is 1. The summed E-state index contributed by atoms with van der Waals surface area (Å²) in [5.74, 6) is 0.299. The van der Waals surface area contributed by atoms with Gasteiger partial charge in [0.1, 0.15) is 0 Å². The molecule has 1 N–H and O–H groups in total. The van der Waals surface area contributed by atoms with E-state index in [1.165, 1.54) is 17.3 Å². The molecule has 0 fully saturated rings. The van der Waals surface area contributed by atoms with E-state index in [4.69, 9.17) is 0 Å². The molecular formula is C17H19N3OS. The molecule has 22 heavy (non-hydrogen) atoms. The van der Waals surface area contributed by atoms with Crippen molar-refractivity contribution in [3.8, 4) is 0 Å². The van der Waals surface area contributed by atoms with E-state index in [2.05, 4.69) is 15.3 Å². The van der Waals surface area contributed by atoms with E-state index in [9.17, 15) is 4.79 Å². The Kier molecular flexibility index (Phi) is 4.43. The average molecular weight is 313 g/mol. The molecule has 2 aromatic rings. The van der Waals surface area contributed by atoms with E-state index in [0.717, 1.165) is 41.9 Å². The Bertz CT molecular complexity index is 715. The van der Waals surface area contributed by atoms with Gasteiger partial charge in [-0.1, -0.05) is 30.0 Å². The summed E-state index contributed by atoms with van der Waals surface area (Å²) in [7, 11) is 0. The Morgan fingerprint density at radius 1 is 1.23 bits per heavy atom. The molecule has 5 heteroatoms. The molecule has 0 radical (unpaired) electrons. The van der Waals surface area contributed by atoms with Crippen LogP contribution in [-0.4, -0.2) is 21.6 Å². The summed E-state index contributed by atoms with van der Waals surface area (Å²) in [5.41, 5.74) is 5.44. The summed E-state index contributed by atoms with van der Waals surface area (Å²) in [6.07, 6.45) is 3.27. The first kappa shape index (κ1) is 15.0. The molecule has 114 valence electrons. The van der Waals surface area contributed by atoms with Gasteiger partial charge in [0.15, 0.2) is 5.16 Å². The van der Waals surface area contributed by atoms with Crippen molar-refractivity contribution >= 4 is 23.4 Å². The monoisotopic (exact) mass is 313 g/mol.